The lowest BCUT2D eigenvalue weighted by Crippen LogP contribution is -2.28. The van der Waals surface area contributed by atoms with Gasteiger partial charge in [-0.25, -0.2) is 4.98 Å². The van der Waals surface area contributed by atoms with Gasteiger partial charge in [-0.05, 0) is 49.5 Å². The summed E-state index contributed by atoms with van der Waals surface area (Å²) in [4.78, 5) is 7.16. The fraction of sp³-hybridized carbons (Fsp3) is 0.350. The van der Waals surface area contributed by atoms with Gasteiger partial charge in [0.05, 0.1) is 23.8 Å². The Bertz CT molecular complexity index is 878. The van der Waals surface area contributed by atoms with Gasteiger partial charge in [0.15, 0.2) is 0 Å². The molecule has 0 saturated heterocycles. The predicted octanol–water partition coefficient (Wildman–Crippen LogP) is 4.80. The maximum absolute atomic E-state index is 6.17. The molecule has 0 atom stereocenters. The summed E-state index contributed by atoms with van der Waals surface area (Å²) in [5, 5.41) is 6.45. The molecule has 0 aliphatic heterocycles. The first-order valence-corrected chi connectivity index (χ1v) is 9.07. The number of hydrogen-bond acceptors (Lipinski definition) is 4. The van der Waals surface area contributed by atoms with Crippen molar-refractivity contribution in [2.24, 2.45) is 0 Å². The van der Waals surface area contributed by atoms with E-state index in [-0.39, 0.29) is 0 Å². The zero-order valence-electron chi connectivity index (χ0n) is 15.0. The second-order valence-corrected chi connectivity index (χ2v) is 6.42. The van der Waals surface area contributed by atoms with E-state index in [4.69, 9.17) is 21.3 Å². The highest BCUT2D eigenvalue weighted by molar-refractivity contribution is 6.31. The standard InChI is InChI=1S/C20H24ClN3O/c1-4-24(5-2)11-10-22-20-16-8-6-14(21)12-19(16)23-18-9-7-15(25-3)13-17(18)20/h6-9,12-13H,4-5,10-11H2,1-3H3,(H,22,23). The lowest BCUT2D eigenvalue weighted by atomic mass is 10.1. The molecule has 0 amide bonds. The minimum atomic E-state index is 0.696. The van der Waals surface area contributed by atoms with Crippen LogP contribution in [0.4, 0.5) is 5.69 Å². The van der Waals surface area contributed by atoms with Gasteiger partial charge in [-0.1, -0.05) is 25.4 Å². The fourth-order valence-electron chi connectivity index (χ4n) is 3.09. The van der Waals surface area contributed by atoms with Crippen molar-refractivity contribution in [2.45, 2.75) is 13.8 Å². The van der Waals surface area contributed by atoms with Gasteiger partial charge in [-0.2, -0.15) is 0 Å². The van der Waals surface area contributed by atoms with Crippen molar-refractivity contribution in [2.75, 3.05) is 38.6 Å². The molecular weight excluding hydrogens is 334 g/mol. The monoisotopic (exact) mass is 357 g/mol. The Morgan fingerprint density at radius 3 is 2.56 bits per heavy atom. The number of halogens is 1. The average molecular weight is 358 g/mol. The van der Waals surface area contributed by atoms with E-state index in [0.717, 1.165) is 59.4 Å². The average Bonchev–Trinajstić information content (AvgIpc) is 2.64. The van der Waals surface area contributed by atoms with Crippen LogP contribution >= 0.6 is 11.6 Å². The van der Waals surface area contributed by atoms with Crippen LogP contribution in [-0.4, -0.2) is 43.2 Å². The predicted molar refractivity (Wildman–Crippen MR) is 107 cm³/mol. The highest BCUT2D eigenvalue weighted by Gasteiger charge is 2.11. The lowest BCUT2D eigenvalue weighted by molar-refractivity contribution is 0.316. The van der Waals surface area contributed by atoms with E-state index in [1.165, 1.54) is 0 Å². The quantitative estimate of drug-likeness (QED) is 0.616. The van der Waals surface area contributed by atoms with E-state index in [9.17, 15) is 0 Å². The molecule has 0 radical (unpaired) electrons. The highest BCUT2D eigenvalue weighted by atomic mass is 35.5. The van der Waals surface area contributed by atoms with Gasteiger partial charge in [-0.3, -0.25) is 0 Å². The van der Waals surface area contributed by atoms with Crippen LogP contribution in [-0.2, 0) is 0 Å². The van der Waals surface area contributed by atoms with Gasteiger partial charge in [0, 0.05) is 28.9 Å². The molecule has 0 unspecified atom stereocenters. The van der Waals surface area contributed by atoms with Gasteiger partial charge in [0.25, 0.3) is 0 Å². The maximum Gasteiger partial charge on any atom is 0.119 e. The van der Waals surface area contributed by atoms with Crippen molar-refractivity contribution >= 4 is 39.1 Å². The molecule has 0 saturated carbocycles. The van der Waals surface area contributed by atoms with Crippen molar-refractivity contribution < 1.29 is 4.74 Å². The first-order valence-electron chi connectivity index (χ1n) is 8.69. The third-order valence-electron chi connectivity index (χ3n) is 4.57. The summed E-state index contributed by atoms with van der Waals surface area (Å²) >= 11 is 6.17. The number of likely N-dealkylation sites (N-methyl/N-ethyl adjacent to an activating group) is 1. The van der Waals surface area contributed by atoms with E-state index in [1.807, 2.05) is 36.4 Å². The maximum atomic E-state index is 6.17. The Hall–Kier alpha value is -2.04. The molecule has 2 aromatic carbocycles. The number of rotatable bonds is 7. The number of fused-ring (bicyclic) bond motifs is 2. The lowest BCUT2D eigenvalue weighted by Gasteiger charge is -2.20. The summed E-state index contributed by atoms with van der Waals surface area (Å²) in [7, 11) is 1.68. The minimum absolute atomic E-state index is 0.696. The molecule has 0 aliphatic rings. The zero-order valence-corrected chi connectivity index (χ0v) is 15.7. The Balaban J connectivity index is 2.06. The van der Waals surface area contributed by atoms with Gasteiger partial charge in [0.1, 0.15) is 5.75 Å². The van der Waals surface area contributed by atoms with Crippen molar-refractivity contribution in [3.05, 3.63) is 41.4 Å². The smallest absolute Gasteiger partial charge is 0.119 e. The van der Waals surface area contributed by atoms with Crippen LogP contribution in [0.15, 0.2) is 36.4 Å². The Kier molecular flexibility index (Phi) is 5.61. The Morgan fingerprint density at radius 2 is 1.84 bits per heavy atom. The number of hydrogen-bond donors (Lipinski definition) is 1. The number of pyridine rings is 1. The summed E-state index contributed by atoms with van der Waals surface area (Å²) in [6, 6.07) is 11.8. The van der Waals surface area contributed by atoms with Gasteiger partial charge >= 0.3 is 0 Å². The number of ether oxygens (including phenoxy) is 1. The van der Waals surface area contributed by atoms with Crippen molar-refractivity contribution in [3.8, 4) is 5.75 Å². The molecule has 1 heterocycles. The van der Waals surface area contributed by atoms with Crippen molar-refractivity contribution in [3.63, 3.8) is 0 Å². The number of nitrogens with zero attached hydrogens (tertiary/aromatic N) is 2. The SMILES string of the molecule is CCN(CC)CCNc1c2ccc(Cl)cc2nc2ccc(OC)cc12. The van der Waals surface area contributed by atoms with Crippen molar-refractivity contribution in [1.82, 2.24) is 9.88 Å². The minimum Gasteiger partial charge on any atom is -0.497 e. The highest BCUT2D eigenvalue weighted by Crippen LogP contribution is 2.34. The molecule has 3 aromatic rings. The van der Waals surface area contributed by atoms with Gasteiger partial charge in [0.2, 0.25) is 0 Å². The summed E-state index contributed by atoms with van der Waals surface area (Å²) in [5.74, 6) is 0.828. The van der Waals surface area contributed by atoms with Crippen LogP contribution in [0, 0.1) is 0 Å². The van der Waals surface area contributed by atoms with E-state index in [1.54, 1.807) is 7.11 Å². The molecule has 1 aromatic heterocycles. The fourth-order valence-corrected chi connectivity index (χ4v) is 3.26. The summed E-state index contributed by atoms with van der Waals surface area (Å²) in [5.41, 5.74) is 2.92. The normalized spacial score (nSPS) is 11.4. The van der Waals surface area contributed by atoms with Crippen LogP contribution in [0.5, 0.6) is 5.75 Å². The molecule has 5 heteroatoms. The van der Waals surface area contributed by atoms with Crippen LogP contribution in [0.2, 0.25) is 5.02 Å². The largest absolute Gasteiger partial charge is 0.497 e. The molecule has 0 aliphatic carbocycles. The number of benzene rings is 2. The zero-order chi connectivity index (χ0) is 17.8. The molecular formula is C20H24ClN3O. The van der Waals surface area contributed by atoms with Gasteiger partial charge in [-0.15, -0.1) is 0 Å². The van der Waals surface area contributed by atoms with E-state index >= 15 is 0 Å². The molecule has 25 heavy (non-hydrogen) atoms. The molecule has 0 bridgehead atoms. The third kappa shape index (κ3) is 3.80. The molecule has 132 valence electrons. The van der Waals surface area contributed by atoms with Crippen molar-refractivity contribution in [1.29, 1.82) is 0 Å². The molecule has 4 nitrogen and oxygen atoms in total. The number of methoxy groups -OCH3 is 1. The van der Waals surface area contributed by atoms with Crippen LogP contribution < -0.4 is 10.1 Å². The Morgan fingerprint density at radius 1 is 1.04 bits per heavy atom. The van der Waals surface area contributed by atoms with E-state index in [0.29, 0.717) is 5.02 Å². The summed E-state index contributed by atoms with van der Waals surface area (Å²) in [6.45, 7) is 8.35. The van der Waals surface area contributed by atoms with Crippen LogP contribution in [0.3, 0.4) is 0 Å². The number of anilines is 1. The van der Waals surface area contributed by atoms with Crippen LogP contribution in [0.1, 0.15) is 13.8 Å². The summed E-state index contributed by atoms with van der Waals surface area (Å²) in [6.07, 6.45) is 0. The summed E-state index contributed by atoms with van der Waals surface area (Å²) < 4.78 is 5.40. The molecule has 3 rings (SSSR count). The molecule has 0 spiro atoms. The first kappa shape index (κ1) is 17.8. The number of aromatic nitrogens is 1. The molecule has 1 N–H and O–H groups in total. The second kappa shape index (κ2) is 7.89. The van der Waals surface area contributed by atoms with Gasteiger partial charge < -0.3 is 15.0 Å². The van der Waals surface area contributed by atoms with Crippen LogP contribution in [0.25, 0.3) is 21.8 Å². The number of nitrogens with one attached hydrogen (secondary N) is 1. The Labute approximate surface area is 153 Å². The van der Waals surface area contributed by atoms with E-state index in [2.05, 4.69) is 24.1 Å². The van der Waals surface area contributed by atoms with E-state index < -0.39 is 0 Å². The topological polar surface area (TPSA) is 37.4 Å². The second-order valence-electron chi connectivity index (χ2n) is 5.99. The third-order valence-corrected chi connectivity index (χ3v) is 4.80. The first-order chi connectivity index (χ1) is 12.2. The molecule has 0 fully saturated rings.